The van der Waals surface area contributed by atoms with Crippen molar-refractivity contribution >= 4 is 17.1 Å². The second-order valence-electron chi connectivity index (χ2n) is 2.62. The van der Waals surface area contributed by atoms with E-state index in [4.69, 9.17) is 5.41 Å². The maximum absolute atomic E-state index is 7.28. The van der Waals surface area contributed by atoms with Gasteiger partial charge in [0.15, 0.2) is 0 Å². The first kappa shape index (κ1) is 7.67. The van der Waals surface area contributed by atoms with E-state index in [-0.39, 0.29) is 0 Å². The first-order chi connectivity index (χ1) is 6.34. The zero-order valence-electron chi connectivity index (χ0n) is 6.86. The van der Waals surface area contributed by atoms with Crippen LogP contribution in [-0.2, 0) is 0 Å². The van der Waals surface area contributed by atoms with Gasteiger partial charge in [-0.3, -0.25) is 5.10 Å². The third-order valence-corrected chi connectivity index (χ3v) is 1.61. The molecule has 0 fully saturated rings. The van der Waals surface area contributed by atoms with Gasteiger partial charge in [0.2, 0.25) is 0 Å². The standard InChI is InChI=1S/C9H8N4/c10-7-1-3-8(4-2-7)13-9-5-11-12-6-9/h1-6,10H,(H,11,12). The molecule has 0 amide bonds. The Kier molecular flexibility index (Phi) is 1.88. The quantitative estimate of drug-likeness (QED) is 0.621. The van der Waals surface area contributed by atoms with Gasteiger partial charge in [-0.05, 0) is 24.3 Å². The Labute approximate surface area is 75.2 Å². The second kappa shape index (κ2) is 3.18. The fraction of sp³-hybridized carbons (Fsp3) is 0. The van der Waals surface area contributed by atoms with Gasteiger partial charge in [0, 0.05) is 6.20 Å². The first-order valence-electron chi connectivity index (χ1n) is 3.87. The van der Waals surface area contributed by atoms with Crippen LogP contribution in [0.2, 0.25) is 0 Å². The average Bonchev–Trinajstić information content (AvgIpc) is 2.62. The van der Waals surface area contributed by atoms with E-state index in [0.717, 1.165) is 11.4 Å². The SMILES string of the molecule is N=C1C=CC(=Nc2cn[nH]c2)C=C1. The van der Waals surface area contributed by atoms with Crippen LogP contribution in [0.1, 0.15) is 0 Å². The lowest BCUT2D eigenvalue weighted by atomic mass is 10.1. The van der Waals surface area contributed by atoms with Crippen LogP contribution in [-0.4, -0.2) is 21.6 Å². The van der Waals surface area contributed by atoms with Crippen LogP contribution < -0.4 is 0 Å². The second-order valence-corrected chi connectivity index (χ2v) is 2.62. The van der Waals surface area contributed by atoms with Gasteiger partial charge in [-0.15, -0.1) is 0 Å². The Morgan fingerprint density at radius 1 is 1.23 bits per heavy atom. The summed E-state index contributed by atoms with van der Waals surface area (Å²) < 4.78 is 0. The molecule has 1 aliphatic carbocycles. The fourth-order valence-electron chi connectivity index (χ4n) is 0.990. The first-order valence-corrected chi connectivity index (χ1v) is 3.87. The van der Waals surface area contributed by atoms with Gasteiger partial charge >= 0.3 is 0 Å². The molecule has 0 radical (unpaired) electrons. The molecule has 13 heavy (non-hydrogen) atoms. The summed E-state index contributed by atoms with van der Waals surface area (Å²) >= 11 is 0. The number of aliphatic imine (C=N–C) groups is 1. The highest BCUT2D eigenvalue weighted by Crippen LogP contribution is 2.09. The molecule has 0 aliphatic heterocycles. The molecular weight excluding hydrogens is 164 g/mol. The van der Waals surface area contributed by atoms with Crippen molar-refractivity contribution < 1.29 is 0 Å². The number of aromatic amines is 1. The smallest absolute Gasteiger partial charge is 0.101 e. The summed E-state index contributed by atoms with van der Waals surface area (Å²) in [4.78, 5) is 4.27. The van der Waals surface area contributed by atoms with Crippen molar-refractivity contribution in [2.24, 2.45) is 4.99 Å². The molecule has 0 spiro atoms. The maximum Gasteiger partial charge on any atom is 0.101 e. The van der Waals surface area contributed by atoms with Gasteiger partial charge in [0.05, 0.1) is 17.6 Å². The van der Waals surface area contributed by atoms with Crippen molar-refractivity contribution in [2.45, 2.75) is 0 Å². The molecule has 1 aromatic heterocycles. The molecule has 2 N–H and O–H groups in total. The summed E-state index contributed by atoms with van der Waals surface area (Å²) in [7, 11) is 0. The van der Waals surface area contributed by atoms with Crippen molar-refractivity contribution in [3.05, 3.63) is 36.7 Å². The molecule has 1 aliphatic rings. The van der Waals surface area contributed by atoms with Gasteiger partial charge in [0.1, 0.15) is 5.69 Å². The summed E-state index contributed by atoms with van der Waals surface area (Å²) in [5, 5.41) is 13.7. The molecule has 0 bridgehead atoms. The van der Waals surface area contributed by atoms with Gasteiger partial charge < -0.3 is 5.41 Å². The highest BCUT2D eigenvalue weighted by molar-refractivity contribution is 6.17. The van der Waals surface area contributed by atoms with E-state index in [1.54, 1.807) is 36.7 Å². The third kappa shape index (κ3) is 1.79. The number of nitrogens with one attached hydrogen (secondary N) is 2. The van der Waals surface area contributed by atoms with Crippen LogP contribution in [0, 0.1) is 5.41 Å². The van der Waals surface area contributed by atoms with Crippen LogP contribution >= 0.6 is 0 Å². The predicted octanol–water partition coefficient (Wildman–Crippen LogP) is 1.63. The van der Waals surface area contributed by atoms with Crippen LogP contribution in [0.4, 0.5) is 5.69 Å². The Balaban J connectivity index is 2.24. The van der Waals surface area contributed by atoms with Crippen molar-refractivity contribution in [2.75, 3.05) is 0 Å². The van der Waals surface area contributed by atoms with E-state index < -0.39 is 0 Å². The summed E-state index contributed by atoms with van der Waals surface area (Å²) in [6, 6.07) is 0. The Morgan fingerprint density at radius 2 is 2.00 bits per heavy atom. The number of aromatic nitrogens is 2. The minimum Gasteiger partial charge on any atom is -0.301 e. The van der Waals surface area contributed by atoms with Crippen molar-refractivity contribution in [1.82, 2.24) is 10.2 Å². The van der Waals surface area contributed by atoms with Crippen molar-refractivity contribution in [3.8, 4) is 0 Å². The van der Waals surface area contributed by atoms with E-state index in [9.17, 15) is 0 Å². The molecule has 1 aromatic rings. The zero-order chi connectivity index (χ0) is 9.10. The summed E-state index contributed by atoms with van der Waals surface area (Å²) in [5.74, 6) is 0. The number of rotatable bonds is 1. The molecule has 0 unspecified atom stereocenters. The maximum atomic E-state index is 7.28. The molecule has 4 heteroatoms. The monoisotopic (exact) mass is 172 g/mol. The lowest BCUT2D eigenvalue weighted by molar-refractivity contribution is 1.09. The molecule has 0 aromatic carbocycles. The van der Waals surface area contributed by atoms with Crippen molar-refractivity contribution in [1.29, 1.82) is 5.41 Å². The molecular formula is C9H8N4. The van der Waals surface area contributed by atoms with Crippen LogP contribution in [0.25, 0.3) is 0 Å². The van der Waals surface area contributed by atoms with Crippen LogP contribution in [0.15, 0.2) is 41.7 Å². The minimum absolute atomic E-state index is 0.492. The lowest BCUT2D eigenvalue weighted by Crippen LogP contribution is -1.97. The normalized spacial score (nSPS) is 15.1. The predicted molar refractivity (Wildman–Crippen MR) is 51.7 cm³/mol. The molecule has 4 nitrogen and oxygen atoms in total. The zero-order valence-corrected chi connectivity index (χ0v) is 6.86. The Hall–Kier alpha value is -1.97. The third-order valence-electron chi connectivity index (χ3n) is 1.61. The number of H-pyrrole nitrogens is 1. The van der Waals surface area contributed by atoms with E-state index in [1.165, 1.54) is 0 Å². The number of hydrogen-bond donors (Lipinski definition) is 2. The van der Waals surface area contributed by atoms with Gasteiger partial charge in [-0.2, -0.15) is 5.10 Å². The average molecular weight is 172 g/mol. The van der Waals surface area contributed by atoms with Gasteiger partial charge in [-0.25, -0.2) is 4.99 Å². The highest BCUT2D eigenvalue weighted by atomic mass is 15.1. The largest absolute Gasteiger partial charge is 0.301 e. The van der Waals surface area contributed by atoms with Crippen LogP contribution in [0.3, 0.4) is 0 Å². The number of hydrogen-bond acceptors (Lipinski definition) is 3. The molecule has 0 saturated heterocycles. The fourth-order valence-corrected chi connectivity index (χ4v) is 0.990. The Bertz CT molecular complexity index is 377. The topological polar surface area (TPSA) is 64.9 Å². The number of nitrogens with zero attached hydrogens (tertiary/aromatic N) is 2. The van der Waals surface area contributed by atoms with Crippen molar-refractivity contribution in [3.63, 3.8) is 0 Å². The van der Waals surface area contributed by atoms with E-state index in [0.29, 0.717) is 5.71 Å². The van der Waals surface area contributed by atoms with Gasteiger partial charge in [-0.1, -0.05) is 0 Å². The van der Waals surface area contributed by atoms with Crippen LogP contribution in [0.5, 0.6) is 0 Å². The van der Waals surface area contributed by atoms with Gasteiger partial charge in [0.25, 0.3) is 0 Å². The molecule has 64 valence electrons. The van der Waals surface area contributed by atoms with E-state index in [1.807, 2.05) is 0 Å². The minimum atomic E-state index is 0.492. The summed E-state index contributed by atoms with van der Waals surface area (Å²) in [5.41, 5.74) is 2.11. The van der Waals surface area contributed by atoms with E-state index in [2.05, 4.69) is 15.2 Å². The molecule has 0 saturated carbocycles. The lowest BCUT2D eigenvalue weighted by Gasteiger charge is -1.98. The molecule has 1 heterocycles. The number of allylic oxidation sites excluding steroid dienone is 4. The Morgan fingerprint density at radius 3 is 2.62 bits per heavy atom. The summed E-state index contributed by atoms with van der Waals surface area (Å²) in [6.07, 6.45) is 10.4. The highest BCUT2D eigenvalue weighted by Gasteiger charge is 1.97. The van der Waals surface area contributed by atoms with E-state index >= 15 is 0 Å². The molecule has 0 atom stereocenters. The summed E-state index contributed by atoms with van der Waals surface area (Å²) in [6.45, 7) is 0. The molecule has 2 rings (SSSR count).